The molecule has 5 aromatic heterocycles. The van der Waals surface area contributed by atoms with Gasteiger partial charge in [-0.25, -0.2) is 19.3 Å². The normalized spacial score (nSPS) is 13.9. The second kappa shape index (κ2) is 10.0. The number of pyridine rings is 3. The highest BCUT2D eigenvalue weighted by Gasteiger charge is 2.18. The number of aromatic hydroxyl groups is 1. The zero-order valence-electron chi connectivity index (χ0n) is 21.4. The third-order valence-corrected chi connectivity index (χ3v) is 7.14. The Morgan fingerprint density at radius 3 is 2.70 bits per heavy atom. The van der Waals surface area contributed by atoms with Crippen molar-refractivity contribution in [2.24, 2.45) is 0 Å². The average molecular weight is 537 g/mol. The van der Waals surface area contributed by atoms with Crippen molar-refractivity contribution in [3.8, 4) is 45.3 Å². The maximum Gasteiger partial charge on any atom is 0.161 e. The van der Waals surface area contributed by atoms with Crippen molar-refractivity contribution in [3.05, 3.63) is 67.0 Å². The molecule has 0 saturated carbocycles. The molecule has 40 heavy (non-hydrogen) atoms. The lowest BCUT2D eigenvalue weighted by Crippen LogP contribution is -2.25. The molecule has 3 N–H and O–H groups in total. The van der Waals surface area contributed by atoms with E-state index in [0.717, 1.165) is 41.7 Å². The van der Waals surface area contributed by atoms with Gasteiger partial charge in [0.25, 0.3) is 0 Å². The monoisotopic (exact) mass is 536 g/mol. The highest BCUT2D eigenvalue weighted by molar-refractivity contribution is 5.96. The zero-order valence-corrected chi connectivity index (χ0v) is 21.4. The van der Waals surface area contributed by atoms with Crippen molar-refractivity contribution in [1.29, 1.82) is 0 Å². The van der Waals surface area contributed by atoms with Gasteiger partial charge in [-0.15, -0.1) is 0 Å². The summed E-state index contributed by atoms with van der Waals surface area (Å²) in [5.41, 5.74) is 5.14. The van der Waals surface area contributed by atoms with Crippen molar-refractivity contribution in [1.82, 2.24) is 40.0 Å². The van der Waals surface area contributed by atoms with Crippen molar-refractivity contribution in [2.45, 2.75) is 12.8 Å². The Hall–Kier alpha value is -4.90. The molecule has 0 unspecified atom stereocenters. The van der Waals surface area contributed by atoms with E-state index in [9.17, 15) is 9.50 Å². The quantitative estimate of drug-likeness (QED) is 0.262. The van der Waals surface area contributed by atoms with Crippen LogP contribution in [-0.2, 0) is 0 Å². The van der Waals surface area contributed by atoms with Gasteiger partial charge in [0.15, 0.2) is 17.1 Å². The summed E-state index contributed by atoms with van der Waals surface area (Å²) in [5, 5.41) is 18.0. The molecule has 0 atom stereocenters. The second-order valence-electron chi connectivity index (χ2n) is 9.84. The standard InChI is InChI=1S/C29H25FN8O2/c30-20-9-17(11-22(13-20)40-8-7-38-5-1-2-6-38)23-3-4-32-28-25(23)34-29(35-28)26-24-12-19(15-33-27(24)37-36-26)18-10-21(39)16-31-14-18/h3-4,9-16,39H,1-2,5-8H2,(H,32,34,35)(H,33,36,37). The molecule has 6 heterocycles. The predicted molar refractivity (Wildman–Crippen MR) is 148 cm³/mol. The maximum atomic E-state index is 14.7. The van der Waals surface area contributed by atoms with Crippen molar-refractivity contribution in [2.75, 3.05) is 26.2 Å². The number of hydrogen-bond donors (Lipinski definition) is 3. The van der Waals surface area contributed by atoms with Crippen molar-refractivity contribution >= 4 is 22.2 Å². The molecule has 1 aliphatic heterocycles. The average Bonchev–Trinajstić information content (AvgIpc) is 3.72. The van der Waals surface area contributed by atoms with Gasteiger partial charge in [0.05, 0.1) is 11.6 Å². The van der Waals surface area contributed by atoms with Crippen LogP contribution in [0.25, 0.3) is 56.0 Å². The first-order chi connectivity index (χ1) is 19.6. The molecule has 0 bridgehead atoms. The molecule has 10 nitrogen and oxygen atoms in total. The lowest BCUT2D eigenvalue weighted by molar-refractivity contribution is 0.237. The summed E-state index contributed by atoms with van der Waals surface area (Å²) in [6, 6.07) is 10.1. The molecule has 0 radical (unpaired) electrons. The smallest absolute Gasteiger partial charge is 0.161 e. The van der Waals surface area contributed by atoms with Crippen LogP contribution in [0.2, 0.25) is 0 Å². The van der Waals surface area contributed by atoms with Crippen LogP contribution in [0.15, 0.2) is 61.2 Å². The molecule has 1 aromatic carbocycles. The number of aromatic nitrogens is 7. The van der Waals surface area contributed by atoms with E-state index in [1.54, 1.807) is 24.7 Å². The highest BCUT2D eigenvalue weighted by atomic mass is 19.1. The molecule has 7 rings (SSSR count). The number of halogens is 1. The number of nitrogens with one attached hydrogen (secondary N) is 2. The summed E-state index contributed by atoms with van der Waals surface area (Å²) < 4.78 is 20.6. The molecular formula is C29H25FN8O2. The number of hydrogen-bond acceptors (Lipinski definition) is 8. The first kappa shape index (κ1) is 24.2. The summed E-state index contributed by atoms with van der Waals surface area (Å²) >= 11 is 0. The number of likely N-dealkylation sites (tertiary alicyclic amines) is 1. The molecule has 1 saturated heterocycles. The molecule has 0 aliphatic carbocycles. The van der Waals surface area contributed by atoms with Crippen LogP contribution in [0.4, 0.5) is 4.39 Å². The van der Waals surface area contributed by atoms with Gasteiger partial charge in [0.1, 0.15) is 35.1 Å². The third-order valence-electron chi connectivity index (χ3n) is 7.14. The molecule has 1 fully saturated rings. The Kier molecular flexibility index (Phi) is 6.05. The van der Waals surface area contributed by atoms with Crippen molar-refractivity contribution in [3.63, 3.8) is 0 Å². The van der Waals surface area contributed by atoms with Gasteiger partial charge in [-0.2, -0.15) is 5.10 Å². The predicted octanol–water partition coefficient (Wildman–Crippen LogP) is 4.94. The SMILES string of the molecule is Oc1cncc(-c2cnc3[nH]nc(-c4nc5c(-c6cc(F)cc(OCCN7CCCC7)c6)ccnc5[nH]4)c3c2)c1. The van der Waals surface area contributed by atoms with Gasteiger partial charge in [0, 0.05) is 47.9 Å². The number of aromatic amines is 2. The van der Waals surface area contributed by atoms with Crippen LogP contribution in [0.3, 0.4) is 0 Å². The van der Waals surface area contributed by atoms with Gasteiger partial charge in [0.2, 0.25) is 0 Å². The van der Waals surface area contributed by atoms with Gasteiger partial charge < -0.3 is 14.8 Å². The Morgan fingerprint density at radius 2 is 1.82 bits per heavy atom. The summed E-state index contributed by atoms with van der Waals surface area (Å²) in [6.45, 7) is 3.50. The van der Waals surface area contributed by atoms with Crippen LogP contribution >= 0.6 is 0 Å². The van der Waals surface area contributed by atoms with Gasteiger partial charge in [-0.3, -0.25) is 15.0 Å². The summed E-state index contributed by atoms with van der Waals surface area (Å²) in [4.78, 5) is 23.4. The molecule has 0 spiro atoms. The van der Waals surface area contributed by atoms with Crippen LogP contribution < -0.4 is 4.74 Å². The number of fused-ring (bicyclic) bond motifs is 2. The Balaban J connectivity index is 1.23. The van der Waals surface area contributed by atoms with E-state index in [4.69, 9.17) is 9.72 Å². The number of rotatable bonds is 7. The van der Waals surface area contributed by atoms with E-state index in [1.807, 2.05) is 18.2 Å². The lowest BCUT2D eigenvalue weighted by Gasteiger charge is -2.15. The van der Waals surface area contributed by atoms with Crippen LogP contribution in [-0.4, -0.2) is 71.4 Å². The minimum Gasteiger partial charge on any atom is -0.506 e. The van der Waals surface area contributed by atoms with Crippen LogP contribution in [0.1, 0.15) is 12.8 Å². The number of ether oxygens (including phenoxy) is 1. The Labute approximate surface area is 227 Å². The first-order valence-corrected chi connectivity index (χ1v) is 13.1. The largest absolute Gasteiger partial charge is 0.506 e. The van der Waals surface area contributed by atoms with Crippen molar-refractivity contribution < 1.29 is 14.2 Å². The van der Waals surface area contributed by atoms with E-state index in [1.165, 1.54) is 31.2 Å². The van der Waals surface area contributed by atoms with E-state index in [0.29, 0.717) is 46.2 Å². The lowest BCUT2D eigenvalue weighted by atomic mass is 10.1. The zero-order chi connectivity index (χ0) is 27.1. The van der Waals surface area contributed by atoms with E-state index in [-0.39, 0.29) is 11.6 Å². The minimum atomic E-state index is -0.382. The topological polar surface area (TPSA) is 129 Å². The fourth-order valence-corrected chi connectivity index (χ4v) is 5.18. The number of nitrogens with zero attached hydrogens (tertiary/aromatic N) is 6. The number of imidazole rings is 1. The van der Waals surface area contributed by atoms with Crippen LogP contribution in [0, 0.1) is 5.82 Å². The molecular weight excluding hydrogens is 511 g/mol. The number of benzene rings is 1. The minimum absolute atomic E-state index is 0.0680. The van der Waals surface area contributed by atoms with Gasteiger partial charge in [-0.1, -0.05) is 0 Å². The highest BCUT2D eigenvalue weighted by Crippen LogP contribution is 2.33. The molecule has 1 aliphatic rings. The molecule has 200 valence electrons. The fourth-order valence-electron chi connectivity index (χ4n) is 5.18. The van der Waals surface area contributed by atoms with Crippen LogP contribution in [0.5, 0.6) is 11.5 Å². The first-order valence-electron chi connectivity index (χ1n) is 13.1. The molecule has 0 amide bonds. The third kappa shape index (κ3) is 4.60. The van der Waals surface area contributed by atoms with E-state index in [2.05, 4.69) is 35.0 Å². The van der Waals surface area contributed by atoms with Gasteiger partial charge in [-0.05, 0) is 61.8 Å². The summed E-state index contributed by atoms with van der Waals surface area (Å²) in [5.74, 6) is 0.659. The second-order valence-corrected chi connectivity index (χ2v) is 9.84. The maximum absolute atomic E-state index is 14.7. The summed E-state index contributed by atoms with van der Waals surface area (Å²) in [6.07, 6.45) is 8.82. The molecule has 11 heteroatoms. The number of H-pyrrole nitrogens is 2. The summed E-state index contributed by atoms with van der Waals surface area (Å²) in [7, 11) is 0. The van der Waals surface area contributed by atoms with E-state index >= 15 is 0 Å². The van der Waals surface area contributed by atoms with Gasteiger partial charge >= 0.3 is 0 Å². The Bertz CT molecular complexity index is 1840. The fraction of sp³-hybridized carbons (Fsp3) is 0.207. The van der Waals surface area contributed by atoms with E-state index < -0.39 is 0 Å². The molecule has 6 aromatic rings. The Morgan fingerprint density at radius 1 is 0.950 bits per heavy atom.